The maximum absolute atomic E-state index is 14.2. The molecule has 2 aromatic carbocycles. The van der Waals surface area contributed by atoms with E-state index in [1.54, 1.807) is 37.3 Å². The minimum Gasteiger partial charge on any atom is -0.491 e. The van der Waals surface area contributed by atoms with Crippen molar-refractivity contribution in [2.75, 3.05) is 19.8 Å². The van der Waals surface area contributed by atoms with Crippen LogP contribution in [0.3, 0.4) is 0 Å². The van der Waals surface area contributed by atoms with E-state index in [4.69, 9.17) is 25.8 Å². The van der Waals surface area contributed by atoms with Gasteiger partial charge in [-0.2, -0.15) is 0 Å². The van der Waals surface area contributed by atoms with Crippen LogP contribution in [0.15, 0.2) is 36.4 Å². The predicted octanol–water partition coefficient (Wildman–Crippen LogP) is 1.50. The molecule has 31 heavy (non-hydrogen) atoms. The van der Waals surface area contributed by atoms with E-state index in [-0.39, 0.29) is 18.8 Å². The molecule has 2 heterocycles. The van der Waals surface area contributed by atoms with Crippen LogP contribution >= 0.6 is 11.6 Å². The molecule has 4 rings (SSSR count). The number of benzene rings is 2. The van der Waals surface area contributed by atoms with Gasteiger partial charge in [0.15, 0.2) is 11.6 Å². The number of ether oxygens (including phenoxy) is 3. The molecule has 168 valence electrons. The van der Waals surface area contributed by atoms with E-state index in [9.17, 15) is 24.8 Å². The van der Waals surface area contributed by atoms with Gasteiger partial charge in [-0.15, -0.1) is 0 Å². The molecule has 0 spiro atoms. The Labute approximate surface area is 183 Å². The third kappa shape index (κ3) is 3.62. The van der Waals surface area contributed by atoms with Crippen LogP contribution in [0, 0.1) is 5.82 Å². The molecular weight excluding hydrogens is 431 g/mol. The Morgan fingerprint density at radius 2 is 1.94 bits per heavy atom. The zero-order valence-electron chi connectivity index (χ0n) is 16.8. The first-order valence-corrected chi connectivity index (χ1v) is 10.3. The molecule has 0 radical (unpaired) electrons. The SMILES string of the molecule is CCOc1ccc(Cc2cc([C@@]34OC[C@@](CO)(O3)[C@@H](O)[C@H](O)[C@H]4O)ccc2Cl)cc1F. The molecule has 0 unspecified atom stereocenters. The standard InChI is InChI=1S/C22H24ClFO7/c1-2-29-17-6-3-12(8-16(17)24)7-13-9-14(4-5-15(13)23)22-20(28)18(26)19(27)21(10-25,31-22)11-30-22/h3-6,8-9,18-20,25-28H,2,7,10-11H2,1H3/t18-,19-,20+,21+,22+/m0/s1. The summed E-state index contributed by atoms with van der Waals surface area (Å²) in [5, 5.41) is 41.5. The highest BCUT2D eigenvalue weighted by atomic mass is 35.5. The topological polar surface area (TPSA) is 109 Å². The monoisotopic (exact) mass is 454 g/mol. The van der Waals surface area contributed by atoms with Crippen molar-refractivity contribution in [2.45, 2.75) is 43.0 Å². The van der Waals surface area contributed by atoms with Crippen LogP contribution in [0.25, 0.3) is 0 Å². The fraction of sp³-hybridized carbons (Fsp3) is 0.455. The van der Waals surface area contributed by atoms with E-state index in [0.29, 0.717) is 28.3 Å². The van der Waals surface area contributed by atoms with Gasteiger partial charge in [0.2, 0.25) is 5.79 Å². The lowest BCUT2D eigenvalue weighted by Crippen LogP contribution is -2.65. The van der Waals surface area contributed by atoms with Gasteiger partial charge in [-0.3, -0.25) is 0 Å². The largest absolute Gasteiger partial charge is 0.491 e. The first kappa shape index (κ1) is 22.4. The number of halogens is 2. The third-order valence-corrected chi connectivity index (χ3v) is 6.24. The zero-order chi connectivity index (χ0) is 22.4. The van der Waals surface area contributed by atoms with E-state index in [1.165, 1.54) is 6.07 Å². The Balaban J connectivity index is 1.68. The van der Waals surface area contributed by atoms with E-state index in [0.717, 1.165) is 0 Å². The normalized spacial score (nSPS) is 32.3. The van der Waals surface area contributed by atoms with Gasteiger partial charge in [-0.05, 0) is 48.7 Å². The summed E-state index contributed by atoms with van der Waals surface area (Å²) in [6.07, 6.45) is -4.45. The number of rotatable bonds is 6. The Morgan fingerprint density at radius 1 is 1.16 bits per heavy atom. The lowest BCUT2D eigenvalue weighted by Gasteiger charge is -2.46. The summed E-state index contributed by atoms with van der Waals surface area (Å²) in [6, 6.07) is 9.43. The number of hydrogen-bond acceptors (Lipinski definition) is 7. The highest BCUT2D eigenvalue weighted by Crippen LogP contribution is 2.49. The predicted molar refractivity (Wildman–Crippen MR) is 108 cm³/mol. The Kier molecular flexibility index (Phi) is 5.99. The van der Waals surface area contributed by atoms with Crippen molar-refractivity contribution in [3.8, 4) is 5.75 Å². The summed E-state index contributed by atoms with van der Waals surface area (Å²) >= 11 is 6.36. The number of aliphatic hydroxyl groups excluding tert-OH is 4. The van der Waals surface area contributed by atoms with Crippen LogP contribution in [0.1, 0.15) is 23.6 Å². The van der Waals surface area contributed by atoms with Crippen LogP contribution in [-0.4, -0.2) is 64.2 Å². The Hall–Kier alpha value is -1.78. The van der Waals surface area contributed by atoms with E-state index in [2.05, 4.69) is 0 Å². The number of fused-ring (bicyclic) bond motifs is 2. The molecule has 2 saturated heterocycles. The highest BCUT2D eigenvalue weighted by molar-refractivity contribution is 6.31. The van der Waals surface area contributed by atoms with Crippen LogP contribution in [-0.2, 0) is 21.7 Å². The van der Waals surface area contributed by atoms with E-state index < -0.39 is 42.1 Å². The Morgan fingerprint density at radius 3 is 2.61 bits per heavy atom. The summed E-state index contributed by atoms with van der Waals surface area (Å²) in [5.74, 6) is -2.11. The maximum Gasteiger partial charge on any atom is 0.225 e. The molecule has 2 aliphatic heterocycles. The molecule has 2 fully saturated rings. The van der Waals surface area contributed by atoms with Gasteiger partial charge in [-0.25, -0.2) is 4.39 Å². The average Bonchev–Trinajstić information content (AvgIpc) is 3.15. The van der Waals surface area contributed by atoms with Crippen molar-refractivity contribution in [1.82, 2.24) is 0 Å². The number of hydrogen-bond donors (Lipinski definition) is 4. The van der Waals surface area contributed by atoms with Crippen LogP contribution in [0.2, 0.25) is 5.02 Å². The summed E-state index contributed by atoms with van der Waals surface area (Å²) in [4.78, 5) is 0. The first-order chi connectivity index (χ1) is 14.8. The lowest BCUT2D eigenvalue weighted by atomic mass is 9.83. The van der Waals surface area contributed by atoms with Gasteiger partial charge in [0, 0.05) is 10.6 Å². The van der Waals surface area contributed by atoms with Crippen molar-refractivity contribution < 1.29 is 39.0 Å². The van der Waals surface area contributed by atoms with Crippen LogP contribution in [0.5, 0.6) is 5.75 Å². The average molecular weight is 455 g/mol. The van der Waals surface area contributed by atoms with Crippen molar-refractivity contribution >= 4 is 11.6 Å². The molecule has 0 amide bonds. The minimum absolute atomic E-state index is 0.163. The molecular formula is C22H24ClFO7. The molecule has 2 aromatic rings. The molecule has 4 N–H and O–H groups in total. The summed E-state index contributed by atoms with van der Waals surface area (Å²) in [5.41, 5.74) is 0.0530. The lowest BCUT2D eigenvalue weighted by molar-refractivity contribution is -0.329. The van der Waals surface area contributed by atoms with Crippen molar-refractivity contribution in [3.05, 3.63) is 63.9 Å². The molecule has 5 atom stereocenters. The van der Waals surface area contributed by atoms with Crippen molar-refractivity contribution in [2.24, 2.45) is 0 Å². The summed E-state index contributed by atoms with van der Waals surface area (Å²) in [7, 11) is 0. The summed E-state index contributed by atoms with van der Waals surface area (Å²) in [6.45, 7) is 1.29. The fourth-order valence-electron chi connectivity index (χ4n) is 4.15. The van der Waals surface area contributed by atoms with Crippen LogP contribution in [0.4, 0.5) is 4.39 Å². The van der Waals surface area contributed by atoms with Gasteiger partial charge in [0.05, 0.1) is 19.8 Å². The molecule has 9 heteroatoms. The molecule has 2 aliphatic rings. The Bertz CT molecular complexity index is 973. The minimum atomic E-state index is -1.79. The molecule has 0 aromatic heterocycles. The molecule has 7 nitrogen and oxygen atoms in total. The van der Waals surface area contributed by atoms with Crippen molar-refractivity contribution in [1.29, 1.82) is 0 Å². The second-order valence-electron chi connectivity index (χ2n) is 7.84. The third-order valence-electron chi connectivity index (χ3n) is 5.87. The summed E-state index contributed by atoms with van der Waals surface area (Å²) < 4.78 is 31.0. The highest BCUT2D eigenvalue weighted by Gasteiger charge is 2.67. The van der Waals surface area contributed by atoms with E-state index >= 15 is 0 Å². The quantitative estimate of drug-likeness (QED) is 0.523. The van der Waals surface area contributed by atoms with Gasteiger partial charge in [-0.1, -0.05) is 23.7 Å². The van der Waals surface area contributed by atoms with E-state index in [1.807, 2.05) is 0 Å². The smallest absolute Gasteiger partial charge is 0.225 e. The molecule has 0 saturated carbocycles. The van der Waals surface area contributed by atoms with Gasteiger partial charge >= 0.3 is 0 Å². The van der Waals surface area contributed by atoms with Crippen LogP contribution < -0.4 is 4.74 Å². The van der Waals surface area contributed by atoms with Gasteiger partial charge < -0.3 is 34.6 Å². The van der Waals surface area contributed by atoms with Gasteiger partial charge in [0.1, 0.15) is 23.9 Å². The first-order valence-electron chi connectivity index (χ1n) is 9.95. The number of aliphatic hydroxyl groups is 4. The molecule has 0 aliphatic carbocycles. The maximum atomic E-state index is 14.2. The van der Waals surface area contributed by atoms with Crippen molar-refractivity contribution in [3.63, 3.8) is 0 Å². The van der Waals surface area contributed by atoms with Gasteiger partial charge in [0.25, 0.3) is 0 Å². The fourth-order valence-corrected chi connectivity index (χ4v) is 4.33. The molecule has 2 bridgehead atoms. The second-order valence-corrected chi connectivity index (χ2v) is 8.25. The second kappa shape index (κ2) is 8.29. The zero-order valence-corrected chi connectivity index (χ0v) is 17.6.